The molecule has 3 nitrogen and oxygen atoms in total. The van der Waals surface area contributed by atoms with Crippen LogP contribution in [0, 0.1) is 0 Å². The molecule has 1 heterocycles. The zero-order valence-electron chi connectivity index (χ0n) is 9.40. The van der Waals surface area contributed by atoms with Crippen molar-refractivity contribution in [2.24, 2.45) is 5.73 Å². The van der Waals surface area contributed by atoms with Crippen LogP contribution < -0.4 is 5.73 Å². The number of nitrogens with zero attached hydrogens (tertiary/aromatic N) is 2. The molecule has 1 unspecified atom stereocenters. The van der Waals surface area contributed by atoms with Gasteiger partial charge in [-0.2, -0.15) is 0 Å². The van der Waals surface area contributed by atoms with Crippen LogP contribution in [0.1, 0.15) is 57.8 Å². The standard InChI is InChI=1S/C11H21N3/c1-4-5-6-9(2)14-8-13-7-11(14)10(3)12/h7-10H,4-6,12H2,1-3H3/t9?,10-/m0/s1. The van der Waals surface area contributed by atoms with E-state index < -0.39 is 0 Å². The van der Waals surface area contributed by atoms with E-state index in [0.29, 0.717) is 6.04 Å². The lowest BCUT2D eigenvalue weighted by Gasteiger charge is -2.17. The average Bonchev–Trinajstić information content (AvgIpc) is 2.62. The molecule has 0 spiro atoms. The lowest BCUT2D eigenvalue weighted by Crippen LogP contribution is -2.14. The Labute approximate surface area is 86.3 Å². The number of unbranched alkanes of at least 4 members (excludes halogenated alkanes) is 1. The summed E-state index contributed by atoms with van der Waals surface area (Å²) in [4.78, 5) is 4.16. The van der Waals surface area contributed by atoms with Crippen LogP contribution in [0.5, 0.6) is 0 Å². The maximum absolute atomic E-state index is 5.86. The molecule has 0 saturated heterocycles. The van der Waals surface area contributed by atoms with E-state index in [0.717, 1.165) is 5.69 Å². The molecule has 3 heteroatoms. The minimum Gasteiger partial charge on any atom is -0.330 e. The van der Waals surface area contributed by atoms with Crippen LogP contribution in [-0.4, -0.2) is 9.55 Å². The van der Waals surface area contributed by atoms with Gasteiger partial charge in [0.15, 0.2) is 0 Å². The summed E-state index contributed by atoms with van der Waals surface area (Å²) in [6, 6.07) is 0.583. The Morgan fingerprint density at radius 1 is 1.50 bits per heavy atom. The maximum Gasteiger partial charge on any atom is 0.0951 e. The minimum absolute atomic E-state index is 0.0709. The third-order valence-electron chi connectivity index (χ3n) is 2.61. The van der Waals surface area contributed by atoms with E-state index in [-0.39, 0.29) is 6.04 Å². The molecule has 0 aliphatic carbocycles. The first-order valence-corrected chi connectivity index (χ1v) is 5.44. The van der Waals surface area contributed by atoms with Crippen molar-refractivity contribution in [1.29, 1.82) is 0 Å². The molecule has 80 valence electrons. The first kappa shape index (κ1) is 11.2. The van der Waals surface area contributed by atoms with E-state index >= 15 is 0 Å². The molecule has 1 rings (SSSR count). The molecular weight excluding hydrogens is 174 g/mol. The van der Waals surface area contributed by atoms with Gasteiger partial charge in [0, 0.05) is 18.3 Å². The van der Waals surface area contributed by atoms with Crippen LogP contribution in [-0.2, 0) is 0 Å². The largest absolute Gasteiger partial charge is 0.330 e. The molecule has 0 aromatic carbocycles. The molecule has 2 atom stereocenters. The fourth-order valence-electron chi connectivity index (χ4n) is 1.67. The lowest BCUT2D eigenvalue weighted by atomic mass is 10.1. The van der Waals surface area contributed by atoms with Crippen LogP contribution in [0.4, 0.5) is 0 Å². The van der Waals surface area contributed by atoms with Gasteiger partial charge in [-0.1, -0.05) is 19.8 Å². The van der Waals surface area contributed by atoms with Gasteiger partial charge in [0.05, 0.1) is 12.0 Å². The highest BCUT2D eigenvalue weighted by molar-refractivity contribution is 5.04. The smallest absolute Gasteiger partial charge is 0.0951 e. The second kappa shape index (κ2) is 5.15. The molecule has 0 aliphatic heterocycles. The Bertz CT molecular complexity index is 265. The molecule has 1 aromatic heterocycles. The van der Waals surface area contributed by atoms with Crippen molar-refractivity contribution in [2.75, 3.05) is 0 Å². The third-order valence-corrected chi connectivity index (χ3v) is 2.61. The molecule has 2 N–H and O–H groups in total. The van der Waals surface area contributed by atoms with Gasteiger partial charge in [-0.3, -0.25) is 0 Å². The highest BCUT2D eigenvalue weighted by atomic mass is 15.1. The van der Waals surface area contributed by atoms with Gasteiger partial charge in [-0.25, -0.2) is 4.98 Å². The summed E-state index contributed by atoms with van der Waals surface area (Å²) in [6.07, 6.45) is 7.46. The number of nitrogens with two attached hydrogens (primary N) is 1. The number of hydrogen-bond acceptors (Lipinski definition) is 2. The monoisotopic (exact) mass is 195 g/mol. The Morgan fingerprint density at radius 2 is 2.21 bits per heavy atom. The van der Waals surface area contributed by atoms with Crippen molar-refractivity contribution in [3.05, 3.63) is 18.2 Å². The van der Waals surface area contributed by atoms with Gasteiger partial charge in [0.25, 0.3) is 0 Å². The van der Waals surface area contributed by atoms with E-state index in [4.69, 9.17) is 5.73 Å². The van der Waals surface area contributed by atoms with Crippen molar-refractivity contribution in [1.82, 2.24) is 9.55 Å². The van der Waals surface area contributed by atoms with Gasteiger partial charge < -0.3 is 10.3 Å². The summed E-state index contributed by atoms with van der Waals surface area (Å²) in [7, 11) is 0. The predicted octanol–water partition coefficient (Wildman–Crippen LogP) is 2.65. The summed E-state index contributed by atoms with van der Waals surface area (Å²) in [5, 5.41) is 0. The highest BCUT2D eigenvalue weighted by Crippen LogP contribution is 2.19. The first-order valence-electron chi connectivity index (χ1n) is 5.44. The first-order chi connectivity index (χ1) is 6.66. The Hall–Kier alpha value is -0.830. The predicted molar refractivity (Wildman–Crippen MR) is 59.1 cm³/mol. The van der Waals surface area contributed by atoms with Crippen molar-refractivity contribution in [3.8, 4) is 0 Å². The summed E-state index contributed by atoms with van der Waals surface area (Å²) in [6.45, 7) is 6.44. The zero-order chi connectivity index (χ0) is 10.6. The van der Waals surface area contributed by atoms with E-state index in [9.17, 15) is 0 Å². The Kier molecular flexibility index (Phi) is 4.14. The van der Waals surface area contributed by atoms with Crippen molar-refractivity contribution >= 4 is 0 Å². The molecule has 0 aliphatic rings. The molecule has 1 aromatic rings. The maximum atomic E-state index is 5.86. The molecule has 0 saturated carbocycles. The normalized spacial score (nSPS) is 15.4. The highest BCUT2D eigenvalue weighted by Gasteiger charge is 2.11. The second-order valence-corrected chi connectivity index (χ2v) is 4.01. The summed E-state index contributed by atoms with van der Waals surface area (Å²) in [5.74, 6) is 0. The molecular formula is C11H21N3. The van der Waals surface area contributed by atoms with Gasteiger partial charge in [-0.15, -0.1) is 0 Å². The van der Waals surface area contributed by atoms with Gasteiger partial charge >= 0.3 is 0 Å². The summed E-state index contributed by atoms with van der Waals surface area (Å²) >= 11 is 0. The number of rotatable bonds is 5. The molecule has 0 radical (unpaired) electrons. The third kappa shape index (κ3) is 2.58. The molecule has 0 amide bonds. The second-order valence-electron chi connectivity index (χ2n) is 4.01. The van der Waals surface area contributed by atoms with Crippen molar-refractivity contribution < 1.29 is 0 Å². The van der Waals surface area contributed by atoms with E-state index in [1.165, 1.54) is 19.3 Å². The van der Waals surface area contributed by atoms with E-state index in [1.807, 2.05) is 19.4 Å². The van der Waals surface area contributed by atoms with Gasteiger partial charge in [-0.05, 0) is 20.3 Å². The molecule has 14 heavy (non-hydrogen) atoms. The number of aromatic nitrogens is 2. The van der Waals surface area contributed by atoms with Crippen LogP contribution in [0.25, 0.3) is 0 Å². The van der Waals surface area contributed by atoms with Crippen LogP contribution >= 0.6 is 0 Å². The Balaban J connectivity index is 2.68. The van der Waals surface area contributed by atoms with Gasteiger partial charge in [0.2, 0.25) is 0 Å². The minimum atomic E-state index is 0.0709. The molecule has 0 fully saturated rings. The number of imidazole rings is 1. The quantitative estimate of drug-likeness (QED) is 0.785. The van der Waals surface area contributed by atoms with E-state index in [1.54, 1.807) is 0 Å². The van der Waals surface area contributed by atoms with Crippen molar-refractivity contribution in [3.63, 3.8) is 0 Å². The lowest BCUT2D eigenvalue weighted by molar-refractivity contribution is 0.463. The fraction of sp³-hybridized carbons (Fsp3) is 0.727. The van der Waals surface area contributed by atoms with Crippen LogP contribution in [0.15, 0.2) is 12.5 Å². The topological polar surface area (TPSA) is 43.8 Å². The summed E-state index contributed by atoms with van der Waals surface area (Å²) in [5.41, 5.74) is 7.00. The SMILES string of the molecule is CCCCC(C)n1cncc1[C@H](C)N. The van der Waals surface area contributed by atoms with Crippen LogP contribution in [0.3, 0.4) is 0 Å². The van der Waals surface area contributed by atoms with Gasteiger partial charge in [0.1, 0.15) is 0 Å². The fourth-order valence-corrected chi connectivity index (χ4v) is 1.67. The summed E-state index contributed by atoms with van der Waals surface area (Å²) < 4.78 is 2.19. The Morgan fingerprint density at radius 3 is 2.79 bits per heavy atom. The van der Waals surface area contributed by atoms with Crippen molar-refractivity contribution in [2.45, 2.75) is 52.1 Å². The zero-order valence-corrected chi connectivity index (χ0v) is 9.40. The van der Waals surface area contributed by atoms with E-state index in [2.05, 4.69) is 23.4 Å². The number of hydrogen-bond donors (Lipinski definition) is 1. The van der Waals surface area contributed by atoms with Crippen LogP contribution in [0.2, 0.25) is 0 Å². The average molecular weight is 195 g/mol. The molecule has 0 bridgehead atoms.